The third kappa shape index (κ3) is 18.2. The third-order valence-corrected chi connectivity index (χ3v) is 20.5. The van der Waals surface area contributed by atoms with Crippen LogP contribution in [0.25, 0.3) is 0 Å². The molecule has 0 unspecified atom stereocenters. The van der Waals surface area contributed by atoms with Gasteiger partial charge in [-0.05, 0) is 236 Å². The highest BCUT2D eigenvalue weighted by Crippen LogP contribution is 2.44. The third-order valence-electron chi connectivity index (χ3n) is 20.5. The molecule has 0 heterocycles. The van der Waals surface area contributed by atoms with Crippen LogP contribution in [0, 0.1) is 145 Å². The van der Waals surface area contributed by atoms with Crippen LogP contribution in [0.4, 0.5) is 35.1 Å². The minimum absolute atomic E-state index is 0. The van der Waals surface area contributed by atoms with Crippen LogP contribution in [0.3, 0.4) is 0 Å². The maximum absolute atomic E-state index is 14.1. The van der Waals surface area contributed by atoms with Crippen molar-refractivity contribution in [3.05, 3.63) is 128 Å². The van der Waals surface area contributed by atoms with Gasteiger partial charge in [-0.2, -0.15) is 8.78 Å². The van der Waals surface area contributed by atoms with Crippen LogP contribution in [0.15, 0.2) is 48.5 Å². The van der Waals surface area contributed by atoms with E-state index in [1.165, 1.54) is 127 Å². The molecule has 476 valence electrons. The van der Waals surface area contributed by atoms with E-state index in [4.69, 9.17) is 9.47 Å². The molecule has 0 spiro atoms. The number of carbonyl (C=O) groups excluding carboxylic acids is 2. The smallest absolute Gasteiger partial charge is 0.200 e. The lowest BCUT2D eigenvalue weighted by Crippen LogP contribution is -2.28. The summed E-state index contributed by atoms with van der Waals surface area (Å²) in [4.78, 5) is 25.2. The van der Waals surface area contributed by atoms with E-state index in [-0.39, 0.29) is 65.7 Å². The predicted molar refractivity (Wildman–Crippen MR) is 332 cm³/mol. The number of benzene rings is 4. The zero-order valence-electron chi connectivity index (χ0n) is 51.6. The SMILES string of the molecule is Cc1ccc(C(=O)C2CCC(C3CCC(C)CC3)CC2)c(F)c1F.Cc1ccc(C(=O)C2CCC(C3CCC(C)CC3)CC2)c(F)c1F.Cc1ccc(OCC2CCC(C)CC2)c(F)c1F.Cc1ccc(OCC2CCC(C)CC2)c(F)c1F.[HH].[HH].[HH].[HH].[HH].[HH]. The average Bonchev–Trinajstić information content (AvgIpc) is 1.31. The van der Waals surface area contributed by atoms with Crippen LogP contribution >= 0.6 is 0 Å². The second-order valence-electron chi connectivity index (χ2n) is 27.0. The minimum Gasteiger partial charge on any atom is -0.490 e. The first-order valence-electron chi connectivity index (χ1n) is 32.2. The van der Waals surface area contributed by atoms with Gasteiger partial charge in [-0.3, -0.25) is 9.59 Å². The number of ketones is 2. The Morgan fingerprint density at radius 1 is 0.333 bits per heavy atom. The van der Waals surface area contributed by atoms with Gasteiger partial charge in [0.25, 0.3) is 0 Å². The zero-order chi connectivity index (χ0) is 60.8. The van der Waals surface area contributed by atoms with Crippen LogP contribution < -0.4 is 9.47 Å². The van der Waals surface area contributed by atoms with E-state index < -0.39 is 46.5 Å². The summed E-state index contributed by atoms with van der Waals surface area (Å²) in [5.41, 5.74) is 0.998. The van der Waals surface area contributed by atoms with Crippen LogP contribution in [0.1, 0.15) is 233 Å². The fraction of sp³-hybridized carbons (Fsp3) is 0.639. The van der Waals surface area contributed by atoms with Crippen LogP contribution in [0.2, 0.25) is 0 Å². The number of ether oxygens (including phenoxy) is 2. The van der Waals surface area contributed by atoms with Crippen molar-refractivity contribution in [3.63, 3.8) is 0 Å². The molecule has 12 heteroatoms. The molecule has 10 rings (SSSR count). The number of Topliss-reactive ketones (excluding diaryl/α,β-unsaturated/α-hetero) is 2. The molecule has 0 aromatic heterocycles. The number of halogens is 8. The van der Waals surface area contributed by atoms with Gasteiger partial charge in [0.2, 0.25) is 11.6 Å². The van der Waals surface area contributed by atoms with Crippen LogP contribution in [0.5, 0.6) is 11.5 Å². The maximum atomic E-state index is 14.1. The Morgan fingerprint density at radius 2 is 0.571 bits per heavy atom. The monoisotopic (exact) mass is 1190 g/mol. The van der Waals surface area contributed by atoms with Gasteiger partial charge < -0.3 is 9.47 Å². The summed E-state index contributed by atoms with van der Waals surface area (Å²) in [6.07, 6.45) is 27.5. The topological polar surface area (TPSA) is 52.6 Å². The molecule has 4 nitrogen and oxygen atoms in total. The normalized spacial score (nSPS) is 28.0. The highest BCUT2D eigenvalue weighted by atomic mass is 19.2. The predicted octanol–water partition coefficient (Wildman–Crippen LogP) is 22.6. The lowest BCUT2D eigenvalue weighted by Gasteiger charge is -2.37. The van der Waals surface area contributed by atoms with Crippen LogP contribution in [-0.4, -0.2) is 24.8 Å². The van der Waals surface area contributed by atoms with Crippen molar-refractivity contribution >= 4 is 11.6 Å². The number of aryl methyl sites for hydroxylation is 4. The van der Waals surface area contributed by atoms with E-state index in [1.807, 2.05) is 0 Å². The number of hydrogen-bond donors (Lipinski definition) is 0. The van der Waals surface area contributed by atoms with Gasteiger partial charge in [-0.1, -0.05) is 103 Å². The standard InChI is InChI=1S/2C21H28F2O.2C15H20F2O.6H2/c2*1-13-3-6-15(7-4-13)16-8-10-17(11-9-16)21(24)18-12-5-14(2)19(22)20(18)23;2*1-10-3-6-12(7-4-10)9-18-13-8-5-11(2)14(16)15(13)17;;;;;;/h2*5,12-13,15-17H,3-4,6-11H2,1-2H3;2*5,8,10,12H,3-4,6-7,9H2,1-2H3;6*1H. The summed E-state index contributed by atoms with van der Waals surface area (Å²) in [5.74, 6) is -0.328. The molecule has 6 saturated carbocycles. The molecule has 0 atom stereocenters. The minimum atomic E-state index is -0.969. The second kappa shape index (κ2) is 31.8. The molecule has 0 radical (unpaired) electrons. The molecule has 4 aromatic carbocycles. The van der Waals surface area contributed by atoms with Crippen molar-refractivity contribution in [1.82, 2.24) is 0 Å². The van der Waals surface area contributed by atoms with Crippen molar-refractivity contribution < 1.29 is 62.7 Å². The molecule has 0 amide bonds. The summed E-state index contributed by atoms with van der Waals surface area (Å²) in [7, 11) is 0. The largest absolute Gasteiger partial charge is 0.490 e. The van der Waals surface area contributed by atoms with E-state index >= 15 is 0 Å². The van der Waals surface area contributed by atoms with Gasteiger partial charge in [0.1, 0.15) is 0 Å². The van der Waals surface area contributed by atoms with E-state index in [0.717, 1.165) is 124 Å². The van der Waals surface area contributed by atoms with Crippen molar-refractivity contribution in [2.75, 3.05) is 13.2 Å². The van der Waals surface area contributed by atoms with Crippen LogP contribution in [-0.2, 0) is 0 Å². The summed E-state index contributed by atoms with van der Waals surface area (Å²) >= 11 is 0. The highest BCUT2D eigenvalue weighted by Gasteiger charge is 2.36. The summed E-state index contributed by atoms with van der Waals surface area (Å²) in [6, 6.07) is 12.0. The molecule has 6 fully saturated rings. The van der Waals surface area contributed by atoms with Crippen molar-refractivity contribution in [2.45, 2.75) is 209 Å². The van der Waals surface area contributed by atoms with Gasteiger partial charge in [-0.15, -0.1) is 0 Å². The molecule has 0 bridgehead atoms. The van der Waals surface area contributed by atoms with E-state index in [1.54, 1.807) is 26.0 Å². The summed E-state index contributed by atoms with van der Waals surface area (Å²) in [5, 5.41) is 0. The van der Waals surface area contributed by atoms with Crippen molar-refractivity contribution in [3.8, 4) is 11.5 Å². The number of hydrogen-bond acceptors (Lipinski definition) is 4. The first-order valence-corrected chi connectivity index (χ1v) is 32.2. The van der Waals surface area contributed by atoms with Gasteiger partial charge in [0, 0.05) is 20.4 Å². The fourth-order valence-corrected chi connectivity index (χ4v) is 14.2. The van der Waals surface area contributed by atoms with E-state index in [9.17, 15) is 44.7 Å². The molecular formula is C72H108F8O4. The van der Waals surface area contributed by atoms with Gasteiger partial charge in [-0.25, -0.2) is 26.3 Å². The zero-order valence-corrected chi connectivity index (χ0v) is 51.6. The van der Waals surface area contributed by atoms with E-state index in [2.05, 4.69) is 27.7 Å². The quantitative estimate of drug-likeness (QED) is 0.105. The number of carbonyl (C=O) groups is 2. The molecule has 6 aliphatic carbocycles. The Bertz CT molecular complexity index is 2590. The highest BCUT2D eigenvalue weighted by molar-refractivity contribution is 5.98. The molecule has 0 N–H and O–H groups in total. The average molecular weight is 1190 g/mol. The Hall–Kier alpha value is -4.74. The molecule has 4 aromatic rings. The Morgan fingerprint density at radius 3 is 0.857 bits per heavy atom. The molecular weight excluding hydrogens is 1080 g/mol. The lowest BCUT2D eigenvalue weighted by molar-refractivity contribution is 0.0820. The van der Waals surface area contributed by atoms with Gasteiger partial charge in [0.15, 0.2) is 58.0 Å². The Labute approximate surface area is 506 Å². The second-order valence-corrected chi connectivity index (χ2v) is 27.0. The molecule has 84 heavy (non-hydrogen) atoms. The number of rotatable bonds is 12. The molecule has 6 aliphatic rings. The fourth-order valence-electron chi connectivity index (χ4n) is 14.2. The van der Waals surface area contributed by atoms with Crippen molar-refractivity contribution in [2.24, 2.45) is 71.0 Å². The summed E-state index contributed by atoms with van der Waals surface area (Å²) in [6.45, 7) is 16.3. The van der Waals surface area contributed by atoms with E-state index in [0.29, 0.717) is 36.2 Å². The van der Waals surface area contributed by atoms with Gasteiger partial charge >= 0.3 is 0 Å². The maximum Gasteiger partial charge on any atom is 0.200 e. The summed E-state index contributed by atoms with van der Waals surface area (Å²) < 4.78 is 120. The Kier molecular flexibility index (Phi) is 25.3. The van der Waals surface area contributed by atoms with Crippen molar-refractivity contribution in [1.29, 1.82) is 0 Å². The lowest BCUT2D eigenvalue weighted by atomic mass is 9.68. The molecule has 0 aliphatic heterocycles. The first-order chi connectivity index (χ1) is 40.1. The van der Waals surface area contributed by atoms with Gasteiger partial charge in [0.05, 0.1) is 24.3 Å². The first kappa shape index (κ1) is 66.8. The molecule has 0 saturated heterocycles. The Balaban J connectivity index is 0.000000592.